The van der Waals surface area contributed by atoms with Crippen LogP contribution in [0.5, 0.6) is 0 Å². The van der Waals surface area contributed by atoms with E-state index in [-0.39, 0.29) is 24.2 Å². The van der Waals surface area contributed by atoms with Crippen LogP contribution in [0.15, 0.2) is 12.1 Å². The standard InChI is InChI=1S/C14H17F3N2O/c1-8(2)18-11-4-3-5-19(14(11)20)12-7-9(15)6-10(16)13(12)17/h6-8,11,18H,3-5H2,1-2H3. The van der Waals surface area contributed by atoms with Gasteiger partial charge in [0.2, 0.25) is 5.91 Å². The number of rotatable bonds is 3. The van der Waals surface area contributed by atoms with E-state index in [1.165, 1.54) is 0 Å². The van der Waals surface area contributed by atoms with E-state index in [4.69, 9.17) is 0 Å². The van der Waals surface area contributed by atoms with Gasteiger partial charge in [0.1, 0.15) is 5.82 Å². The van der Waals surface area contributed by atoms with Crippen molar-refractivity contribution >= 4 is 11.6 Å². The second kappa shape index (κ2) is 5.83. The first-order valence-electron chi connectivity index (χ1n) is 6.62. The molecule has 1 saturated heterocycles. The molecule has 0 aliphatic carbocycles. The minimum absolute atomic E-state index is 0.0954. The number of nitrogens with one attached hydrogen (secondary N) is 1. The van der Waals surface area contributed by atoms with Crippen molar-refractivity contribution in [1.82, 2.24) is 5.32 Å². The van der Waals surface area contributed by atoms with Crippen molar-refractivity contribution in [2.75, 3.05) is 11.4 Å². The van der Waals surface area contributed by atoms with Gasteiger partial charge in [0, 0.05) is 24.7 Å². The number of piperidine rings is 1. The van der Waals surface area contributed by atoms with Gasteiger partial charge >= 0.3 is 0 Å². The number of amides is 1. The zero-order valence-corrected chi connectivity index (χ0v) is 11.4. The lowest BCUT2D eigenvalue weighted by Crippen LogP contribution is -2.52. The Morgan fingerprint density at radius 2 is 2.00 bits per heavy atom. The Hall–Kier alpha value is -1.56. The molecular weight excluding hydrogens is 269 g/mol. The molecule has 1 amide bonds. The Morgan fingerprint density at radius 3 is 2.65 bits per heavy atom. The van der Waals surface area contributed by atoms with Crippen molar-refractivity contribution in [3.05, 3.63) is 29.6 Å². The van der Waals surface area contributed by atoms with Crippen molar-refractivity contribution in [3.8, 4) is 0 Å². The molecule has 0 bridgehead atoms. The molecule has 0 radical (unpaired) electrons. The van der Waals surface area contributed by atoms with Crippen LogP contribution in [0.1, 0.15) is 26.7 Å². The van der Waals surface area contributed by atoms with Crippen LogP contribution < -0.4 is 10.2 Å². The summed E-state index contributed by atoms with van der Waals surface area (Å²) in [6, 6.07) is 0.970. The van der Waals surface area contributed by atoms with Gasteiger partial charge in [-0.3, -0.25) is 4.79 Å². The van der Waals surface area contributed by atoms with Crippen LogP contribution in [0.25, 0.3) is 0 Å². The molecule has 0 aromatic heterocycles. The van der Waals surface area contributed by atoms with Crippen LogP contribution in [0.4, 0.5) is 18.9 Å². The van der Waals surface area contributed by atoms with Crippen molar-refractivity contribution in [2.45, 2.75) is 38.8 Å². The van der Waals surface area contributed by atoms with E-state index in [1.54, 1.807) is 0 Å². The lowest BCUT2D eigenvalue weighted by atomic mass is 10.0. The maximum absolute atomic E-state index is 13.8. The molecule has 110 valence electrons. The topological polar surface area (TPSA) is 32.3 Å². The second-order valence-electron chi connectivity index (χ2n) is 5.23. The van der Waals surface area contributed by atoms with Crippen LogP contribution in [0.3, 0.4) is 0 Å². The maximum atomic E-state index is 13.8. The first-order valence-corrected chi connectivity index (χ1v) is 6.62. The fraction of sp³-hybridized carbons (Fsp3) is 0.500. The maximum Gasteiger partial charge on any atom is 0.244 e. The lowest BCUT2D eigenvalue weighted by Gasteiger charge is -2.33. The highest BCUT2D eigenvalue weighted by molar-refractivity contribution is 5.98. The minimum Gasteiger partial charge on any atom is -0.308 e. The Morgan fingerprint density at radius 1 is 1.30 bits per heavy atom. The van der Waals surface area contributed by atoms with Crippen LogP contribution in [0, 0.1) is 17.5 Å². The molecule has 1 heterocycles. The van der Waals surface area contributed by atoms with Crippen molar-refractivity contribution in [2.24, 2.45) is 0 Å². The largest absolute Gasteiger partial charge is 0.308 e. The zero-order chi connectivity index (χ0) is 14.9. The molecule has 1 fully saturated rings. The predicted octanol–water partition coefficient (Wildman–Crippen LogP) is 2.60. The number of anilines is 1. The third kappa shape index (κ3) is 2.95. The smallest absolute Gasteiger partial charge is 0.244 e. The van der Waals surface area contributed by atoms with Crippen molar-refractivity contribution in [1.29, 1.82) is 0 Å². The molecule has 1 aromatic carbocycles. The van der Waals surface area contributed by atoms with Gasteiger partial charge in [0.25, 0.3) is 0 Å². The van der Waals surface area contributed by atoms with Gasteiger partial charge in [-0.2, -0.15) is 0 Å². The summed E-state index contributed by atoms with van der Waals surface area (Å²) >= 11 is 0. The van der Waals surface area contributed by atoms with E-state index in [1.807, 2.05) is 13.8 Å². The molecule has 1 aromatic rings. The Bertz CT molecular complexity index is 519. The molecule has 0 spiro atoms. The lowest BCUT2D eigenvalue weighted by molar-refractivity contribution is -0.122. The zero-order valence-electron chi connectivity index (χ0n) is 11.4. The van der Waals surface area contributed by atoms with Gasteiger partial charge in [0.15, 0.2) is 11.6 Å². The van der Waals surface area contributed by atoms with E-state index in [9.17, 15) is 18.0 Å². The number of carbonyl (C=O) groups is 1. The average Bonchev–Trinajstić information content (AvgIpc) is 2.36. The summed E-state index contributed by atoms with van der Waals surface area (Å²) in [5.74, 6) is -3.73. The number of carbonyl (C=O) groups excluding carboxylic acids is 1. The minimum atomic E-state index is -1.29. The molecule has 1 unspecified atom stereocenters. The second-order valence-corrected chi connectivity index (χ2v) is 5.23. The van der Waals surface area contributed by atoms with Gasteiger partial charge in [-0.15, -0.1) is 0 Å². The van der Waals surface area contributed by atoms with E-state index >= 15 is 0 Å². The first-order chi connectivity index (χ1) is 9.40. The van der Waals surface area contributed by atoms with E-state index in [2.05, 4.69) is 5.32 Å². The summed E-state index contributed by atoms with van der Waals surface area (Å²) in [5, 5.41) is 3.08. The molecule has 20 heavy (non-hydrogen) atoms. The number of halogens is 3. The summed E-state index contributed by atoms with van der Waals surface area (Å²) < 4.78 is 40.3. The van der Waals surface area contributed by atoms with E-state index in [0.717, 1.165) is 11.0 Å². The van der Waals surface area contributed by atoms with Gasteiger partial charge < -0.3 is 10.2 Å². The van der Waals surface area contributed by atoms with Crippen LogP contribution >= 0.6 is 0 Å². The quantitative estimate of drug-likeness (QED) is 0.866. The molecule has 1 N–H and O–H groups in total. The van der Waals surface area contributed by atoms with Crippen molar-refractivity contribution in [3.63, 3.8) is 0 Å². The summed E-state index contributed by atoms with van der Waals surface area (Å²) in [7, 11) is 0. The highest BCUT2D eigenvalue weighted by Gasteiger charge is 2.32. The Labute approximate surface area is 115 Å². The average molecular weight is 286 g/mol. The van der Waals surface area contributed by atoms with Gasteiger partial charge in [-0.05, 0) is 12.8 Å². The predicted molar refractivity (Wildman–Crippen MR) is 70.0 cm³/mol. The molecule has 6 heteroatoms. The number of nitrogens with zero attached hydrogens (tertiary/aromatic N) is 1. The first kappa shape index (κ1) is 14.8. The normalized spacial score (nSPS) is 19.8. The Balaban J connectivity index is 2.30. The van der Waals surface area contributed by atoms with Crippen LogP contribution in [-0.2, 0) is 4.79 Å². The molecule has 1 atom stereocenters. The van der Waals surface area contributed by atoms with E-state index < -0.39 is 23.5 Å². The van der Waals surface area contributed by atoms with Crippen LogP contribution in [-0.4, -0.2) is 24.5 Å². The molecule has 1 aliphatic heterocycles. The van der Waals surface area contributed by atoms with Crippen LogP contribution in [0.2, 0.25) is 0 Å². The monoisotopic (exact) mass is 286 g/mol. The highest BCUT2D eigenvalue weighted by atomic mass is 19.2. The van der Waals surface area contributed by atoms with Crippen molar-refractivity contribution < 1.29 is 18.0 Å². The molecule has 3 nitrogen and oxygen atoms in total. The summed E-state index contributed by atoms with van der Waals surface area (Å²) in [4.78, 5) is 13.4. The third-order valence-corrected chi connectivity index (χ3v) is 3.24. The van der Waals surface area contributed by atoms with Gasteiger partial charge in [-0.25, -0.2) is 13.2 Å². The molecule has 1 aliphatic rings. The SMILES string of the molecule is CC(C)NC1CCCN(c2cc(F)cc(F)c2F)C1=O. The fourth-order valence-corrected chi connectivity index (χ4v) is 2.41. The summed E-state index contributed by atoms with van der Waals surface area (Å²) in [6.45, 7) is 4.05. The molecule has 2 rings (SSSR count). The fourth-order valence-electron chi connectivity index (χ4n) is 2.41. The number of hydrogen-bond donors (Lipinski definition) is 1. The van der Waals surface area contributed by atoms with Gasteiger partial charge in [-0.1, -0.05) is 13.8 Å². The number of hydrogen-bond acceptors (Lipinski definition) is 2. The molecular formula is C14H17F3N2O. The Kier molecular flexibility index (Phi) is 4.32. The summed E-state index contributed by atoms with van der Waals surface area (Å²) in [6.07, 6.45) is 1.28. The third-order valence-electron chi connectivity index (χ3n) is 3.24. The molecule has 0 saturated carbocycles. The van der Waals surface area contributed by atoms with Gasteiger partial charge in [0.05, 0.1) is 11.7 Å². The van der Waals surface area contributed by atoms with E-state index in [0.29, 0.717) is 18.9 Å². The summed E-state index contributed by atoms with van der Waals surface area (Å²) in [5.41, 5.74) is -0.331. The number of benzene rings is 1. The highest BCUT2D eigenvalue weighted by Crippen LogP contribution is 2.27.